The van der Waals surface area contributed by atoms with Crippen LogP contribution in [0, 0.1) is 0 Å². The third-order valence-electron chi connectivity index (χ3n) is 5.11. The van der Waals surface area contributed by atoms with Gasteiger partial charge in [-0.3, -0.25) is 4.90 Å². The zero-order valence-electron chi connectivity index (χ0n) is 17.2. The lowest BCUT2D eigenvalue weighted by atomic mass is 10.1. The average molecular weight is 417 g/mol. The number of guanidine groups is 1. The van der Waals surface area contributed by atoms with Gasteiger partial charge >= 0.3 is 0 Å². The van der Waals surface area contributed by atoms with Crippen LogP contribution in [-0.4, -0.2) is 56.9 Å². The highest BCUT2D eigenvalue weighted by molar-refractivity contribution is 7.09. The molecule has 0 saturated carbocycles. The second-order valence-corrected chi connectivity index (χ2v) is 8.31. The highest BCUT2D eigenvalue weighted by atomic mass is 32.1. The van der Waals surface area contributed by atoms with E-state index in [9.17, 15) is 0 Å². The van der Waals surface area contributed by atoms with Gasteiger partial charge in [0, 0.05) is 37.2 Å². The Morgan fingerprint density at radius 2 is 2.17 bits per heavy atom. The molecule has 0 aliphatic carbocycles. The molecule has 1 saturated heterocycles. The molecule has 7 heteroatoms. The molecule has 0 radical (unpaired) electrons. The van der Waals surface area contributed by atoms with Crippen molar-refractivity contribution in [2.75, 3.05) is 40.0 Å². The molecule has 2 aromatic rings. The molecule has 1 aliphatic heterocycles. The van der Waals surface area contributed by atoms with E-state index < -0.39 is 0 Å². The number of hydrogen-bond acceptors (Lipinski definition) is 5. The first-order chi connectivity index (χ1) is 14.2. The van der Waals surface area contributed by atoms with Crippen LogP contribution >= 0.6 is 11.3 Å². The normalized spacial score (nSPS) is 15.6. The summed E-state index contributed by atoms with van der Waals surface area (Å²) >= 11 is 1.76. The summed E-state index contributed by atoms with van der Waals surface area (Å²) < 4.78 is 11.4. The fourth-order valence-corrected chi connectivity index (χ4v) is 4.06. The van der Waals surface area contributed by atoms with Gasteiger partial charge in [-0.05, 0) is 55.5 Å². The van der Waals surface area contributed by atoms with Gasteiger partial charge in [0.15, 0.2) is 5.96 Å². The molecular formula is C22H32N4O2S. The molecule has 158 valence electrons. The van der Waals surface area contributed by atoms with Crippen molar-refractivity contribution in [2.24, 2.45) is 10.7 Å². The van der Waals surface area contributed by atoms with Gasteiger partial charge in [-0.15, -0.1) is 11.3 Å². The summed E-state index contributed by atoms with van der Waals surface area (Å²) in [5.74, 6) is 1.35. The molecule has 1 fully saturated rings. The standard InChI is InChI=1S/C22H32N4O2S/c1-26(19-8-12-27-13-9-19)11-14-28-20-5-2-4-18(16-20)17-25-22(23)24-10-7-21-6-3-15-29-21/h2-6,15-16,19H,7-14,17H2,1H3,(H3,23,24,25). The summed E-state index contributed by atoms with van der Waals surface area (Å²) in [6.07, 6.45) is 3.17. The largest absolute Gasteiger partial charge is 0.492 e. The highest BCUT2D eigenvalue weighted by Crippen LogP contribution is 2.16. The number of thiophene rings is 1. The fourth-order valence-electron chi connectivity index (χ4n) is 3.35. The number of benzene rings is 1. The molecule has 29 heavy (non-hydrogen) atoms. The molecule has 0 amide bonds. The van der Waals surface area contributed by atoms with Crippen molar-refractivity contribution in [3.05, 3.63) is 52.2 Å². The van der Waals surface area contributed by atoms with Gasteiger partial charge in [0.25, 0.3) is 0 Å². The molecule has 1 aromatic heterocycles. The Balaban J connectivity index is 1.38. The van der Waals surface area contributed by atoms with Crippen molar-refractivity contribution in [1.29, 1.82) is 0 Å². The maximum atomic E-state index is 5.98. The van der Waals surface area contributed by atoms with Gasteiger partial charge in [-0.1, -0.05) is 18.2 Å². The Labute approximate surface area is 177 Å². The zero-order chi connectivity index (χ0) is 20.3. The maximum absolute atomic E-state index is 5.98. The van der Waals surface area contributed by atoms with Crippen LogP contribution < -0.4 is 15.8 Å². The molecule has 1 aromatic carbocycles. The Hall–Kier alpha value is -2.09. The minimum atomic E-state index is 0.478. The van der Waals surface area contributed by atoms with E-state index in [4.69, 9.17) is 15.2 Å². The topological polar surface area (TPSA) is 72.1 Å². The quantitative estimate of drug-likeness (QED) is 0.460. The van der Waals surface area contributed by atoms with E-state index in [0.717, 1.165) is 56.9 Å². The van der Waals surface area contributed by atoms with Gasteiger partial charge in [-0.2, -0.15) is 0 Å². The monoisotopic (exact) mass is 416 g/mol. The molecule has 0 atom stereocenters. The van der Waals surface area contributed by atoms with Crippen LogP contribution in [0.15, 0.2) is 46.8 Å². The van der Waals surface area contributed by atoms with Gasteiger partial charge in [0.05, 0.1) is 6.54 Å². The van der Waals surface area contributed by atoms with Gasteiger partial charge in [-0.25, -0.2) is 4.99 Å². The molecule has 1 aliphatic rings. The molecule has 0 unspecified atom stereocenters. The second-order valence-electron chi connectivity index (χ2n) is 7.28. The molecule has 3 N–H and O–H groups in total. The van der Waals surface area contributed by atoms with E-state index in [0.29, 0.717) is 25.2 Å². The van der Waals surface area contributed by atoms with Crippen LogP contribution in [0.1, 0.15) is 23.3 Å². The van der Waals surface area contributed by atoms with Crippen molar-refractivity contribution in [3.8, 4) is 5.75 Å². The fraction of sp³-hybridized carbons (Fsp3) is 0.500. The minimum Gasteiger partial charge on any atom is -0.492 e. The smallest absolute Gasteiger partial charge is 0.188 e. The predicted octanol–water partition coefficient (Wildman–Crippen LogP) is 2.88. The predicted molar refractivity (Wildman–Crippen MR) is 120 cm³/mol. The zero-order valence-corrected chi connectivity index (χ0v) is 18.0. The third kappa shape index (κ3) is 7.68. The van der Waals surface area contributed by atoms with E-state index in [1.165, 1.54) is 4.88 Å². The lowest BCUT2D eigenvalue weighted by Crippen LogP contribution is -2.38. The first-order valence-corrected chi connectivity index (χ1v) is 11.1. The van der Waals surface area contributed by atoms with Gasteiger partial charge < -0.3 is 20.5 Å². The Morgan fingerprint density at radius 3 is 2.97 bits per heavy atom. The summed E-state index contributed by atoms with van der Waals surface area (Å²) in [7, 11) is 2.17. The summed E-state index contributed by atoms with van der Waals surface area (Å²) in [5.41, 5.74) is 7.07. The lowest BCUT2D eigenvalue weighted by Gasteiger charge is -2.31. The number of hydrogen-bond donors (Lipinski definition) is 2. The van der Waals surface area contributed by atoms with Crippen molar-refractivity contribution < 1.29 is 9.47 Å². The number of ether oxygens (including phenoxy) is 2. The minimum absolute atomic E-state index is 0.478. The number of nitrogens with one attached hydrogen (secondary N) is 1. The van der Waals surface area contributed by atoms with E-state index in [-0.39, 0.29) is 0 Å². The van der Waals surface area contributed by atoms with Gasteiger partial charge in [0.1, 0.15) is 12.4 Å². The van der Waals surface area contributed by atoms with Crippen molar-refractivity contribution >= 4 is 17.3 Å². The van der Waals surface area contributed by atoms with E-state index in [2.05, 4.69) is 39.8 Å². The average Bonchev–Trinajstić information content (AvgIpc) is 3.27. The number of likely N-dealkylation sites (N-methyl/N-ethyl adjacent to an activating group) is 1. The number of nitrogens with zero attached hydrogens (tertiary/aromatic N) is 2. The Morgan fingerprint density at radius 1 is 1.31 bits per heavy atom. The van der Waals surface area contributed by atoms with Crippen LogP contribution in [0.25, 0.3) is 0 Å². The molecule has 0 spiro atoms. The molecule has 0 bridgehead atoms. The summed E-state index contributed by atoms with van der Waals surface area (Å²) in [6.45, 7) is 4.65. The molecule has 3 rings (SSSR count). The molecular weight excluding hydrogens is 384 g/mol. The first kappa shape index (κ1) is 21.6. The Bertz CT molecular complexity index is 745. The Kier molecular flexibility index (Phi) is 8.80. The number of nitrogens with two attached hydrogens (primary N) is 1. The van der Waals surface area contributed by atoms with E-state index >= 15 is 0 Å². The van der Waals surface area contributed by atoms with E-state index in [1.807, 2.05) is 24.3 Å². The lowest BCUT2D eigenvalue weighted by molar-refractivity contribution is 0.0392. The van der Waals surface area contributed by atoms with Crippen LogP contribution in [0.2, 0.25) is 0 Å². The van der Waals surface area contributed by atoms with Crippen LogP contribution in [0.5, 0.6) is 5.75 Å². The third-order valence-corrected chi connectivity index (χ3v) is 6.05. The van der Waals surface area contributed by atoms with Crippen molar-refractivity contribution in [2.45, 2.75) is 31.8 Å². The van der Waals surface area contributed by atoms with Crippen LogP contribution in [0.4, 0.5) is 0 Å². The maximum Gasteiger partial charge on any atom is 0.188 e. The van der Waals surface area contributed by atoms with Gasteiger partial charge in [0.2, 0.25) is 0 Å². The van der Waals surface area contributed by atoms with Crippen LogP contribution in [0.3, 0.4) is 0 Å². The van der Waals surface area contributed by atoms with Crippen LogP contribution in [-0.2, 0) is 17.7 Å². The van der Waals surface area contributed by atoms with Crippen molar-refractivity contribution in [1.82, 2.24) is 10.2 Å². The SMILES string of the molecule is CN(CCOc1cccc(CN=C(N)NCCc2cccs2)c1)C1CCOCC1. The number of aliphatic imine (C=N–C) groups is 1. The summed E-state index contributed by atoms with van der Waals surface area (Å²) in [4.78, 5) is 8.15. The summed E-state index contributed by atoms with van der Waals surface area (Å²) in [6, 6.07) is 12.9. The number of rotatable bonds is 10. The highest BCUT2D eigenvalue weighted by Gasteiger charge is 2.17. The summed E-state index contributed by atoms with van der Waals surface area (Å²) in [5, 5.41) is 5.26. The first-order valence-electron chi connectivity index (χ1n) is 10.3. The van der Waals surface area contributed by atoms with Crippen molar-refractivity contribution in [3.63, 3.8) is 0 Å². The second kappa shape index (κ2) is 11.8. The van der Waals surface area contributed by atoms with E-state index in [1.54, 1.807) is 11.3 Å². The molecule has 6 nitrogen and oxygen atoms in total. The molecule has 2 heterocycles.